The third-order valence-corrected chi connectivity index (χ3v) is 5.30. The van der Waals surface area contributed by atoms with Gasteiger partial charge in [-0.1, -0.05) is 0 Å². The molecule has 0 spiro atoms. The Bertz CT molecular complexity index is 1130. The van der Waals surface area contributed by atoms with Crippen molar-refractivity contribution in [1.82, 2.24) is 4.98 Å². The molecule has 10 heteroatoms. The number of rotatable bonds is 8. The van der Waals surface area contributed by atoms with Gasteiger partial charge in [0.1, 0.15) is 4.88 Å². The molecule has 3 heterocycles. The van der Waals surface area contributed by atoms with E-state index in [2.05, 4.69) is 10.3 Å². The van der Waals surface area contributed by atoms with E-state index in [-0.39, 0.29) is 22.9 Å². The topological polar surface area (TPSA) is 128 Å². The van der Waals surface area contributed by atoms with Gasteiger partial charge < -0.3 is 24.2 Å². The summed E-state index contributed by atoms with van der Waals surface area (Å²) >= 11 is 1.00. The van der Waals surface area contributed by atoms with Gasteiger partial charge in [-0.2, -0.15) is 0 Å². The van der Waals surface area contributed by atoms with Gasteiger partial charge in [-0.3, -0.25) is 9.59 Å². The Morgan fingerprint density at radius 3 is 2.55 bits per heavy atom. The maximum atomic E-state index is 12.5. The van der Waals surface area contributed by atoms with Crippen molar-refractivity contribution in [1.29, 1.82) is 0 Å². The minimum Gasteiger partial charge on any atom is -0.462 e. The number of hydrogen-bond donors (Lipinski definition) is 2. The molecule has 0 saturated heterocycles. The van der Waals surface area contributed by atoms with Gasteiger partial charge in [0.25, 0.3) is 5.91 Å². The highest BCUT2D eigenvalue weighted by Crippen LogP contribution is 2.24. The highest BCUT2D eigenvalue weighted by atomic mass is 32.1. The molecule has 31 heavy (non-hydrogen) atoms. The smallest absolute Gasteiger partial charge is 0.348 e. The van der Waals surface area contributed by atoms with E-state index in [1.807, 2.05) is 0 Å². The molecule has 0 atom stereocenters. The van der Waals surface area contributed by atoms with E-state index in [1.54, 1.807) is 32.9 Å². The highest BCUT2D eigenvalue weighted by molar-refractivity contribution is 7.18. The van der Waals surface area contributed by atoms with Crippen molar-refractivity contribution < 1.29 is 33.1 Å². The molecular weight excluding hydrogens is 424 g/mol. The number of furan rings is 1. The number of esters is 2. The second-order valence-electron chi connectivity index (χ2n) is 6.44. The van der Waals surface area contributed by atoms with Crippen LogP contribution in [-0.2, 0) is 9.47 Å². The largest absolute Gasteiger partial charge is 0.462 e. The number of ether oxygens (including phenoxy) is 2. The van der Waals surface area contributed by atoms with E-state index in [0.29, 0.717) is 21.8 Å². The van der Waals surface area contributed by atoms with E-state index >= 15 is 0 Å². The van der Waals surface area contributed by atoms with Crippen LogP contribution < -0.4 is 5.32 Å². The zero-order chi connectivity index (χ0) is 22.5. The molecule has 0 aliphatic heterocycles. The quantitative estimate of drug-likeness (QED) is 0.400. The predicted octanol–water partition coefficient (Wildman–Crippen LogP) is 3.75. The number of aromatic amines is 1. The highest BCUT2D eigenvalue weighted by Gasteiger charge is 2.24. The summed E-state index contributed by atoms with van der Waals surface area (Å²) in [5.41, 5.74) is 1.43. The van der Waals surface area contributed by atoms with Gasteiger partial charge in [0.2, 0.25) is 5.78 Å². The second-order valence-corrected chi connectivity index (χ2v) is 7.52. The molecule has 0 unspecified atom stereocenters. The van der Waals surface area contributed by atoms with Crippen LogP contribution in [0.5, 0.6) is 0 Å². The Balaban J connectivity index is 1.60. The summed E-state index contributed by atoms with van der Waals surface area (Å²) < 4.78 is 15.1. The fourth-order valence-electron chi connectivity index (χ4n) is 2.91. The fraction of sp³-hybridized carbons (Fsp3) is 0.238. The molecule has 1 amide bonds. The lowest BCUT2D eigenvalue weighted by molar-refractivity contribution is 0.0477. The number of Topliss-reactive ketones (excluding diaryl/α,β-unsaturated/α-hetero) is 1. The first-order valence-corrected chi connectivity index (χ1v) is 10.1. The van der Waals surface area contributed by atoms with E-state index in [1.165, 1.54) is 18.4 Å². The molecule has 0 bridgehead atoms. The van der Waals surface area contributed by atoms with Crippen LogP contribution in [0, 0.1) is 13.8 Å². The molecule has 162 valence electrons. The number of carbonyl (C=O) groups is 4. The molecule has 0 aromatic carbocycles. The van der Waals surface area contributed by atoms with Crippen LogP contribution in [0.2, 0.25) is 0 Å². The monoisotopic (exact) mass is 444 g/mol. The third-order valence-electron chi connectivity index (χ3n) is 4.32. The van der Waals surface area contributed by atoms with E-state index in [4.69, 9.17) is 13.9 Å². The number of amides is 1. The maximum absolute atomic E-state index is 12.5. The standard InChI is InChI=1S/C21H20N2O7S/c1-4-28-21(27)17-11(2)18(22-12(17)3)13(24)10-30-20(26)15-7-8-16(31-15)23-19(25)14-6-5-9-29-14/h5-9,22H,4,10H2,1-3H3,(H,23,25). The number of aryl methyl sites for hydroxylation is 1. The average molecular weight is 444 g/mol. The lowest BCUT2D eigenvalue weighted by atomic mass is 10.1. The molecule has 3 aromatic rings. The van der Waals surface area contributed by atoms with Crippen LogP contribution >= 0.6 is 11.3 Å². The Kier molecular flexibility index (Phi) is 6.71. The average Bonchev–Trinajstić information content (AvgIpc) is 3.47. The summed E-state index contributed by atoms with van der Waals surface area (Å²) in [7, 11) is 0. The van der Waals surface area contributed by atoms with E-state index < -0.39 is 30.2 Å². The summed E-state index contributed by atoms with van der Waals surface area (Å²) in [5, 5.41) is 3.04. The molecular formula is C21H20N2O7S. The number of H-pyrrole nitrogens is 1. The van der Waals surface area contributed by atoms with Gasteiger partial charge in [-0.05, 0) is 50.6 Å². The van der Waals surface area contributed by atoms with Gasteiger partial charge in [0.15, 0.2) is 12.4 Å². The SMILES string of the molecule is CCOC(=O)c1c(C)[nH]c(C(=O)COC(=O)c2ccc(NC(=O)c3ccco3)s2)c1C. The summed E-state index contributed by atoms with van der Waals surface area (Å²) in [6.07, 6.45) is 1.38. The fourth-order valence-corrected chi connectivity index (χ4v) is 3.70. The molecule has 3 rings (SSSR count). The molecule has 9 nitrogen and oxygen atoms in total. The van der Waals surface area contributed by atoms with Crippen LogP contribution in [0.1, 0.15) is 59.3 Å². The third kappa shape index (κ3) is 4.92. The number of anilines is 1. The van der Waals surface area contributed by atoms with Crippen LogP contribution in [-0.4, -0.2) is 41.8 Å². The van der Waals surface area contributed by atoms with Gasteiger partial charge in [0.05, 0.1) is 29.1 Å². The minimum absolute atomic E-state index is 0.141. The Morgan fingerprint density at radius 1 is 1.10 bits per heavy atom. The molecule has 0 aliphatic rings. The molecule has 0 fully saturated rings. The van der Waals surface area contributed by atoms with Gasteiger partial charge >= 0.3 is 11.9 Å². The zero-order valence-corrected chi connectivity index (χ0v) is 17.9. The maximum Gasteiger partial charge on any atom is 0.348 e. The van der Waals surface area contributed by atoms with Gasteiger partial charge in [-0.25, -0.2) is 9.59 Å². The van der Waals surface area contributed by atoms with Crippen molar-refractivity contribution >= 4 is 40.0 Å². The normalized spacial score (nSPS) is 10.5. The molecule has 0 saturated carbocycles. The zero-order valence-electron chi connectivity index (χ0n) is 17.1. The van der Waals surface area contributed by atoms with E-state index in [0.717, 1.165) is 11.3 Å². The second kappa shape index (κ2) is 9.43. The Morgan fingerprint density at radius 2 is 1.87 bits per heavy atom. The first-order valence-electron chi connectivity index (χ1n) is 9.33. The lowest BCUT2D eigenvalue weighted by Crippen LogP contribution is -2.15. The molecule has 0 aliphatic carbocycles. The summed E-state index contributed by atoms with van der Waals surface area (Å²) in [4.78, 5) is 51.9. The van der Waals surface area contributed by atoms with Crippen molar-refractivity contribution in [3.05, 3.63) is 63.7 Å². The number of hydrogen-bond acceptors (Lipinski definition) is 8. The van der Waals surface area contributed by atoms with Crippen molar-refractivity contribution in [2.45, 2.75) is 20.8 Å². The lowest BCUT2D eigenvalue weighted by Gasteiger charge is -2.04. The van der Waals surface area contributed by atoms with Crippen molar-refractivity contribution in [2.75, 3.05) is 18.5 Å². The van der Waals surface area contributed by atoms with Crippen LogP contribution in [0.4, 0.5) is 5.00 Å². The van der Waals surface area contributed by atoms with Crippen LogP contribution in [0.25, 0.3) is 0 Å². The summed E-state index contributed by atoms with van der Waals surface area (Å²) in [5.74, 6) is -2.01. The van der Waals surface area contributed by atoms with Gasteiger partial charge in [0, 0.05) is 5.69 Å². The number of aromatic nitrogens is 1. The number of carbonyl (C=O) groups excluding carboxylic acids is 4. The predicted molar refractivity (Wildman–Crippen MR) is 112 cm³/mol. The minimum atomic E-state index is -0.705. The van der Waals surface area contributed by atoms with Crippen LogP contribution in [0.15, 0.2) is 34.9 Å². The number of nitrogens with one attached hydrogen (secondary N) is 2. The molecule has 0 radical (unpaired) electrons. The molecule has 3 aromatic heterocycles. The molecule has 2 N–H and O–H groups in total. The Hall–Kier alpha value is -3.66. The summed E-state index contributed by atoms with van der Waals surface area (Å²) in [6.45, 7) is 4.69. The van der Waals surface area contributed by atoms with Crippen molar-refractivity contribution in [3.63, 3.8) is 0 Å². The number of thiophene rings is 1. The van der Waals surface area contributed by atoms with Gasteiger partial charge in [-0.15, -0.1) is 11.3 Å². The summed E-state index contributed by atoms with van der Waals surface area (Å²) in [6, 6.07) is 6.14. The van der Waals surface area contributed by atoms with Crippen molar-refractivity contribution in [3.8, 4) is 0 Å². The first-order chi connectivity index (χ1) is 14.8. The van der Waals surface area contributed by atoms with E-state index in [9.17, 15) is 19.2 Å². The van der Waals surface area contributed by atoms with Crippen molar-refractivity contribution in [2.24, 2.45) is 0 Å². The van der Waals surface area contributed by atoms with Crippen LogP contribution in [0.3, 0.4) is 0 Å². The Labute approximate surface area is 181 Å². The number of ketones is 1. The first kappa shape index (κ1) is 22.0.